The van der Waals surface area contributed by atoms with Gasteiger partial charge in [0.1, 0.15) is 12.4 Å². The van der Waals surface area contributed by atoms with Crippen molar-refractivity contribution in [3.05, 3.63) is 101 Å². The second-order valence-electron chi connectivity index (χ2n) is 6.02. The van der Waals surface area contributed by atoms with Gasteiger partial charge in [-0.15, -0.1) is 0 Å². The summed E-state index contributed by atoms with van der Waals surface area (Å²) in [5, 5.41) is 2.83. The van der Waals surface area contributed by atoms with Gasteiger partial charge in [0.2, 0.25) is 0 Å². The smallest absolute Gasteiger partial charge is 0.252 e. The first kappa shape index (κ1) is 18.2. The monoisotopic (exact) mass is 360 g/mol. The number of amides is 2. The van der Waals surface area contributed by atoms with Crippen LogP contribution in [0, 0.1) is 0 Å². The molecule has 0 radical (unpaired) electrons. The molecule has 3 N–H and O–H groups in total. The molecule has 0 aliphatic rings. The van der Waals surface area contributed by atoms with Crippen LogP contribution in [0.1, 0.15) is 31.8 Å². The molecule has 0 atom stereocenters. The zero-order valence-electron chi connectivity index (χ0n) is 14.7. The van der Waals surface area contributed by atoms with Crippen LogP contribution in [0.2, 0.25) is 0 Å². The second kappa shape index (κ2) is 8.67. The summed E-state index contributed by atoms with van der Waals surface area (Å²) in [7, 11) is 0. The minimum Gasteiger partial charge on any atom is -0.488 e. The topological polar surface area (TPSA) is 81.4 Å². The highest BCUT2D eigenvalue weighted by atomic mass is 16.5. The van der Waals surface area contributed by atoms with E-state index in [0.717, 1.165) is 11.1 Å². The lowest BCUT2D eigenvalue weighted by molar-refractivity contribution is 0.0950. The van der Waals surface area contributed by atoms with Crippen molar-refractivity contribution in [2.45, 2.75) is 13.2 Å². The lowest BCUT2D eigenvalue weighted by atomic mass is 10.1. The van der Waals surface area contributed by atoms with Gasteiger partial charge in [-0.05, 0) is 35.4 Å². The maximum absolute atomic E-state index is 12.1. The zero-order chi connectivity index (χ0) is 19.1. The van der Waals surface area contributed by atoms with E-state index in [1.165, 1.54) is 0 Å². The van der Waals surface area contributed by atoms with Crippen molar-refractivity contribution in [2.75, 3.05) is 0 Å². The quantitative estimate of drug-likeness (QED) is 0.678. The van der Waals surface area contributed by atoms with E-state index in [0.29, 0.717) is 17.9 Å². The van der Waals surface area contributed by atoms with Gasteiger partial charge in [-0.3, -0.25) is 9.59 Å². The summed E-state index contributed by atoms with van der Waals surface area (Å²) >= 11 is 0. The molecule has 3 rings (SSSR count). The largest absolute Gasteiger partial charge is 0.488 e. The molecule has 27 heavy (non-hydrogen) atoms. The van der Waals surface area contributed by atoms with Crippen LogP contribution in [0.25, 0.3) is 0 Å². The number of nitrogens with one attached hydrogen (secondary N) is 1. The van der Waals surface area contributed by atoms with Gasteiger partial charge in [0.05, 0.1) is 5.56 Å². The summed E-state index contributed by atoms with van der Waals surface area (Å²) in [6.07, 6.45) is 0. The van der Waals surface area contributed by atoms with Crippen molar-refractivity contribution >= 4 is 11.8 Å². The Morgan fingerprint density at radius 3 is 2.19 bits per heavy atom. The van der Waals surface area contributed by atoms with Gasteiger partial charge in [-0.1, -0.05) is 54.6 Å². The predicted molar refractivity (Wildman–Crippen MR) is 103 cm³/mol. The van der Waals surface area contributed by atoms with Crippen LogP contribution in [0.4, 0.5) is 0 Å². The Hall–Kier alpha value is -3.60. The van der Waals surface area contributed by atoms with Crippen LogP contribution in [-0.4, -0.2) is 11.8 Å². The van der Waals surface area contributed by atoms with E-state index in [2.05, 4.69) is 5.32 Å². The lowest BCUT2D eigenvalue weighted by Crippen LogP contribution is -2.23. The van der Waals surface area contributed by atoms with E-state index in [1.807, 2.05) is 36.4 Å². The average Bonchev–Trinajstić information content (AvgIpc) is 2.72. The summed E-state index contributed by atoms with van der Waals surface area (Å²) < 4.78 is 5.75. The summed E-state index contributed by atoms with van der Waals surface area (Å²) in [6, 6.07) is 23.8. The molecule has 0 bridgehead atoms. The Morgan fingerprint density at radius 2 is 1.52 bits per heavy atom. The molecule has 0 aliphatic carbocycles. The molecule has 5 heteroatoms. The van der Waals surface area contributed by atoms with Crippen LogP contribution < -0.4 is 15.8 Å². The molecule has 3 aromatic carbocycles. The Balaban J connectivity index is 1.68. The molecular weight excluding hydrogens is 340 g/mol. The van der Waals surface area contributed by atoms with Crippen molar-refractivity contribution in [3.63, 3.8) is 0 Å². The molecular formula is C22H20N2O3. The molecule has 0 aliphatic heterocycles. The van der Waals surface area contributed by atoms with Gasteiger partial charge in [0.25, 0.3) is 11.8 Å². The maximum Gasteiger partial charge on any atom is 0.252 e. The molecule has 0 fully saturated rings. The van der Waals surface area contributed by atoms with Crippen LogP contribution in [0.15, 0.2) is 78.9 Å². The molecule has 2 amide bonds. The molecule has 136 valence electrons. The molecule has 0 unspecified atom stereocenters. The summed E-state index contributed by atoms with van der Waals surface area (Å²) in [5.41, 5.74) is 8.12. The van der Waals surface area contributed by atoms with Crippen molar-refractivity contribution in [1.82, 2.24) is 5.32 Å². The fourth-order valence-corrected chi connectivity index (χ4v) is 2.61. The predicted octanol–water partition coefficient (Wildman–Crippen LogP) is 3.29. The van der Waals surface area contributed by atoms with Gasteiger partial charge < -0.3 is 15.8 Å². The Bertz CT molecular complexity index is 925. The fourth-order valence-electron chi connectivity index (χ4n) is 2.61. The Kier molecular flexibility index (Phi) is 5.84. The Morgan fingerprint density at radius 1 is 0.852 bits per heavy atom. The molecule has 5 nitrogen and oxygen atoms in total. The number of rotatable bonds is 7. The number of hydrogen-bond donors (Lipinski definition) is 2. The van der Waals surface area contributed by atoms with Gasteiger partial charge in [0, 0.05) is 12.1 Å². The normalized spacial score (nSPS) is 10.2. The van der Waals surface area contributed by atoms with E-state index in [-0.39, 0.29) is 18.0 Å². The standard InChI is InChI=1S/C22H20N2O3/c23-21(25)19-13-17(14-24-22(26)18-9-5-2-6-10-18)11-12-20(19)27-15-16-7-3-1-4-8-16/h1-13H,14-15H2,(H2,23,25)(H,24,26). The van der Waals surface area contributed by atoms with Gasteiger partial charge in [0.15, 0.2) is 0 Å². The number of benzene rings is 3. The molecule has 3 aromatic rings. The third-order valence-corrected chi connectivity index (χ3v) is 4.04. The van der Waals surface area contributed by atoms with Crippen LogP contribution in [0.5, 0.6) is 5.75 Å². The van der Waals surface area contributed by atoms with E-state index in [9.17, 15) is 9.59 Å². The number of nitrogens with two attached hydrogens (primary N) is 1. The number of carbonyl (C=O) groups excluding carboxylic acids is 2. The van der Waals surface area contributed by atoms with Gasteiger partial charge >= 0.3 is 0 Å². The van der Waals surface area contributed by atoms with E-state index in [1.54, 1.807) is 42.5 Å². The number of carbonyl (C=O) groups is 2. The number of primary amides is 1. The van der Waals surface area contributed by atoms with Gasteiger partial charge in [-0.2, -0.15) is 0 Å². The minimum absolute atomic E-state index is 0.180. The maximum atomic E-state index is 12.1. The van der Waals surface area contributed by atoms with E-state index in [4.69, 9.17) is 10.5 Å². The molecule has 0 saturated heterocycles. The van der Waals surface area contributed by atoms with Crippen molar-refractivity contribution in [1.29, 1.82) is 0 Å². The lowest BCUT2D eigenvalue weighted by Gasteiger charge is -2.12. The molecule has 0 heterocycles. The zero-order valence-corrected chi connectivity index (χ0v) is 14.7. The average molecular weight is 360 g/mol. The SMILES string of the molecule is NC(=O)c1cc(CNC(=O)c2ccccc2)ccc1OCc1ccccc1. The van der Waals surface area contributed by atoms with Crippen LogP contribution in [0.3, 0.4) is 0 Å². The first-order valence-corrected chi connectivity index (χ1v) is 8.56. The summed E-state index contributed by atoms with van der Waals surface area (Å²) in [5.74, 6) is -0.334. The first-order chi connectivity index (χ1) is 13.1. The fraction of sp³-hybridized carbons (Fsp3) is 0.0909. The first-order valence-electron chi connectivity index (χ1n) is 8.56. The highest BCUT2D eigenvalue weighted by Gasteiger charge is 2.12. The number of ether oxygens (including phenoxy) is 1. The highest BCUT2D eigenvalue weighted by molar-refractivity contribution is 5.96. The molecule has 0 aromatic heterocycles. The van der Waals surface area contributed by atoms with Crippen LogP contribution in [-0.2, 0) is 13.2 Å². The van der Waals surface area contributed by atoms with Gasteiger partial charge in [-0.25, -0.2) is 0 Å². The summed E-state index contributed by atoms with van der Waals surface area (Å²) in [6.45, 7) is 0.623. The third-order valence-electron chi connectivity index (χ3n) is 4.04. The summed E-state index contributed by atoms with van der Waals surface area (Å²) in [4.78, 5) is 23.9. The highest BCUT2D eigenvalue weighted by Crippen LogP contribution is 2.21. The van der Waals surface area contributed by atoms with Crippen molar-refractivity contribution < 1.29 is 14.3 Å². The second-order valence-corrected chi connectivity index (χ2v) is 6.02. The van der Waals surface area contributed by atoms with Crippen molar-refractivity contribution in [2.24, 2.45) is 5.73 Å². The third kappa shape index (κ3) is 4.95. The molecule has 0 saturated carbocycles. The van der Waals surface area contributed by atoms with Crippen LogP contribution >= 0.6 is 0 Å². The number of hydrogen-bond acceptors (Lipinski definition) is 3. The molecule has 0 spiro atoms. The van der Waals surface area contributed by atoms with E-state index >= 15 is 0 Å². The van der Waals surface area contributed by atoms with E-state index < -0.39 is 5.91 Å². The minimum atomic E-state index is -0.575. The van der Waals surface area contributed by atoms with Crippen molar-refractivity contribution in [3.8, 4) is 5.75 Å². The Labute approximate surface area is 157 Å².